The molecule has 0 aliphatic carbocycles. The van der Waals surface area contributed by atoms with Crippen LogP contribution in [-0.2, 0) is 0 Å². The highest BCUT2D eigenvalue weighted by atomic mass is 15.1. The van der Waals surface area contributed by atoms with E-state index in [1.54, 1.807) is 0 Å². The molecule has 3 nitrogen and oxygen atoms in total. The standard InChI is InChI=1S/C11H23N3/c1-11(2)5-3-7-14(9-6-11)8-4-10(12)13/h3-9H2,1-2H3,(H3,12,13). The van der Waals surface area contributed by atoms with Crippen LogP contribution in [0.1, 0.15) is 39.5 Å². The second-order valence-corrected chi connectivity index (χ2v) is 5.13. The van der Waals surface area contributed by atoms with Crippen LogP contribution in [-0.4, -0.2) is 30.4 Å². The van der Waals surface area contributed by atoms with Gasteiger partial charge in [-0.15, -0.1) is 0 Å². The van der Waals surface area contributed by atoms with Crippen LogP contribution in [0.5, 0.6) is 0 Å². The molecule has 0 spiro atoms. The van der Waals surface area contributed by atoms with Crippen molar-refractivity contribution in [3.8, 4) is 0 Å². The van der Waals surface area contributed by atoms with E-state index in [-0.39, 0.29) is 0 Å². The van der Waals surface area contributed by atoms with E-state index in [2.05, 4.69) is 18.7 Å². The molecule has 0 bridgehead atoms. The van der Waals surface area contributed by atoms with E-state index in [0.717, 1.165) is 13.0 Å². The molecule has 0 saturated carbocycles. The fourth-order valence-electron chi connectivity index (χ4n) is 1.98. The number of nitrogens with zero attached hydrogens (tertiary/aromatic N) is 1. The molecule has 82 valence electrons. The highest BCUT2D eigenvalue weighted by molar-refractivity contribution is 5.76. The van der Waals surface area contributed by atoms with Gasteiger partial charge >= 0.3 is 0 Å². The number of nitrogens with one attached hydrogen (secondary N) is 1. The second-order valence-electron chi connectivity index (χ2n) is 5.13. The predicted octanol–water partition coefficient (Wildman–Crippen LogP) is 1.82. The number of amidine groups is 1. The fourth-order valence-corrected chi connectivity index (χ4v) is 1.98. The van der Waals surface area contributed by atoms with E-state index < -0.39 is 0 Å². The maximum atomic E-state index is 7.20. The third-order valence-electron chi connectivity index (χ3n) is 3.13. The molecule has 1 aliphatic rings. The van der Waals surface area contributed by atoms with Crippen LogP contribution in [0.2, 0.25) is 0 Å². The quantitative estimate of drug-likeness (QED) is 0.535. The summed E-state index contributed by atoms with van der Waals surface area (Å²) in [6, 6.07) is 0. The summed E-state index contributed by atoms with van der Waals surface area (Å²) in [6.45, 7) is 8.01. The lowest BCUT2D eigenvalue weighted by atomic mass is 9.85. The van der Waals surface area contributed by atoms with Gasteiger partial charge in [0.15, 0.2) is 0 Å². The zero-order valence-corrected chi connectivity index (χ0v) is 9.47. The number of likely N-dealkylation sites (tertiary alicyclic amines) is 1. The number of rotatable bonds is 3. The van der Waals surface area contributed by atoms with E-state index in [4.69, 9.17) is 11.1 Å². The number of hydrogen-bond donors (Lipinski definition) is 2. The van der Waals surface area contributed by atoms with Crippen LogP contribution >= 0.6 is 0 Å². The van der Waals surface area contributed by atoms with Gasteiger partial charge in [0.05, 0.1) is 5.84 Å². The summed E-state index contributed by atoms with van der Waals surface area (Å²) in [6.07, 6.45) is 4.60. The molecule has 0 aromatic heterocycles. The number of hydrogen-bond acceptors (Lipinski definition) is 2. The lowest BCUT2D eigenvalue weighted by Crippen LogP contribution is -2.29. The first-order valence-corrected chi connectivity index (χ1v) is 5.55. The third kappa shape index (κ3) is 4.09. The van der Waals surface area contributed by atoms with Gasteiger partial charge in [-0.2, -0.15) is 0 Å². The van der Waals surface area contributed by atoms with Gasteiger partial charge < -0.3 is 10.6 Å². The largest absolute Gasteiger partial charge is 0.388 e. The van der Waals surface area contributed by atoms with Crippen molar-refractivity contribution >= 4 is 5.84 Å². The monoisotopic (exact) mass is 197 g/mol. The SMILES string of the molecule is CC1(C)CCCN(CCC(=N)N)CC1. The van der Waals surface area contributed by atoms with Crippen LogP contribution in [0.4, 0.5) is 0 Å². The zero-order chi connectivity index (χ0) is 10.6. The average molecular weight is 197 g/mol. The Balaban J connectivity index is 2.31. The van der Waals surface area contributed by atoms with Gasteiger partial charge in [-0.1, -0.05) is 13.8 Å². The molecule has 1 fully saturated rings. The fraction of sp³-hybridized carbons (Fsp3) is 0.909. The van der Waals surface area contributed by atoms with Crippen molar-refractivity contribution in [2.75, 3.05) is 19.6 Å². The summed E-state index contributed by atoms with van der Waals surface area (Å²) >= 11 is 0. The minimum Gasteiger partial charge on any atom is -0.388 e. The summed E-state index contributed by atoms with van der Waals surface area (Å²) in [5, 5.41) is 7.20. The number of nitrogens with two attached hydrogens (primary N) is 1. The van der Waals surface area contributed by atoms with Crippen molar-refractivity contribution in [2.24, 2.45) is 11.1 Å². The summed E-state index contributed by atoms with van der Waals surface area (Å²) in [4.78, 5) is 2.44. The third-order valence-corrected chi connectivity index (χ3v) is 3.13. The Hall–Kier alpha value is -0.570. The maximum Gasteiger partial charge on any atom is 0.0918 e. The molecule has 0 aromatic carbocycles. The van der Waals surface area contributed by atoms with Gasteiger partial charge in [-0.25, -0.2) is 0 Å². The highest BCUT2D eigenvalue weighted by Gasteiger charge is 2.22. The summed E-state index contributed by atoms with van der Waals surface area (Å²) in [5.41, 5.74) is 5.86. The molecule has 3 N–H and O–H groups in total. The minimum absolute atomic E-state index is 0.313. The Kier molecular flexibility index (Phi) is 3.93. The molecule has 0 unspecified atom stereocenters. The molecule has 0 atom stereocenters. The van der Waals surface area contributed by atoms with Crippen LogP contribution in [0, 0.1) is 10.8 Å². The van der Waals surface area contributed by atoms with E-state index in [1.165, 1.54) is 32.4 Å². The molecule has 3 heteroatoms. The summed E-state index contributed by atoms with van der Waals surface area (Å²) in [7, 11) is 0. The van der Waals surface area contributed by atoms with Crippen molar-refractivity contribution in [3.05, 3.63) is 0 Å². The normalized spacial score (nSPS) is 23.0. The van der Waals surface area contributed by atoms with E-state index >= 15 is 0 Å². The second kappa shape index (κ2) is 4.78. The maximum absolute atomic E-state index is 7.20. The molecule has 0 aromatic rings. The predicted molar refractivity (Wildman–Crippen MR) is 60.6 cm³/mol. The van der Waals surface area contributed by atoms with Gasteiger partial charge in [0.1, 0.15) is 0 Å². The van der Waals surface area contributed by atoms with Crippen molar-refractivity contribution in [1.82, 2.24) is 4.90 Å². The molecule has 0 amide bonds. The van der Waals surface area contributed by atoms with Crippen LogP contribution in [0.3, 0.4) is 0 Å². The molecule has 1 heterocycles. The zero-order valence-electron chi connectivity index (χ0n) is 9.47. The minimum atomic E-state index is 0.313. The molecule has 14 heavy (non-hydrogen) atoms. The molecular weight excluding hydrogens is 174 g/mol. The van der Waals surface area contributed by atoms with Crippen molar-refractivity contribution in [1.29, 1.82) is 5.41 Å². The first-order valence-electron chi connectivity index (χ1n) is 5.55. The lowest BCUT2D eigenvalue weighted by molar-refractivity contribution is 0.268. The van der Waals surface area contributed by atoms with E-state index in [0.29, 0.717) is 11.3 Å². The Morgan fingerprint density at radius 3 is 2.71 bits per heavy atom. The van der Waals surface area contributed by atoms with Gasteiger partial charge in [-0.3, -0.25) is 5.41 Å². The van der Waals surface area contributed by atoms with Gasteiger partial charge in [-0.05, 0) is 37.8 Å². The van der Waals surface area contributed by atoms with Crippen molar-refractivity contribution < 1.29 is 0 Å². The topological polar surface area (TPSA) is 53.1 Å². The smallest absolute Gasteiger partial charge is 0.0918 e. The van der Waals surface area contributed by atoms with Crippen molar-refractivity contribution in [3.63, 3.8) is 0 Å². The molecule has 1 aliphatic heterocycles. The van der Waals surface area contributed by atoms with E-state index in [9.17, 15) is 0 Å². The summed E-state index contributed by atoms with van der Waals surface area (Å²) < 4.78 is 0. The van der Waals surface area contributed by atoms with E-state index in [1.807, 2.05) is 0 Å². The molecule has 1 rings (SSSR count). The Morgan fingerprint density at radius 2 is 2.07 bits per heavy atom. The molecule has 0 radical (unpaired) electrons. The van der Waals surface area contributed by atoms with Gasteiger partial charge in [0.25, 0.3) is 0 Å². The Morgan fingerprint density at radius 1 is 1.36 bits per heavy atom. The first kappa shape index (κ1) is 11.5. The Labute approximate surface area is 87.2 Å². The molecule has 1 saturated heterocycles. The van der Waals surface area contributed by atoms with Crippen LogP contribution < -0.4 is 5.73 Å². The van der Waals surface area contributed by atoms with Gasteiger partial charge in [0, 0.05) is 13.0 Å². The first-order chi connectivity index (χ1) is 6.49. The van der Waals surface area contributed by atoms with Gasteiger partial charge in [0.2, 0.25) is 0 Å². The lowest BCUT2D eigenvalue weighted by Gasteiger charge is -2.23. The summed E-state index contributed by atoms with van der Waals surface area (Å²) in [5.74, 6) is 0.313. The highest BCUT2D eigenvalue weighted by Crippen LogP contribution is 2.29. The van der Waals surface area contributed by atoms with Crippen molar-refractivity contribution in [2.45, 2.75) is 39.5 Å². The van der Waals surface area contributed by atoms with Crippen LogP contribution in [0.25, 0.3) is 0 Å². The molecular formula is C11H23N3. The average Bonchev–Trinajstić information content (AvgIpc) is 2.23. The Bertz CT molecular complexity index is 199. The van der Waals surface area contributed by atoms with Crippen LogP contribution in [0.15, 0.2) is 0 Å².